The molecule has 0 aliphatic rings. The van der Waals surface area contributed by atoms with Gasteiger partial charge in [-0.3, -0.25) is 0 Å². The van der Waals surface area contributed by atoms with Crippen LogP contribution in [0.2, 0.25) is 5.02 Å². The number of carbonyl (C=O) groups is 1. The van der Waals surface area contributed by atoms with Crippen LogP contribution in [-0.4, -0.2) is 17.7 Å². The molecule has 4 nitrogen and oxygen atoms in total. The van der Waals surface area contributed by atoms with Crippen molar-refractivity contribution in [2.75, 3.05) is 6.61 Å². The van der Waals surface area contributed by atoms with Crippen molar-refractivity contribution in [1.82, 2.24) is 0 Å². The zero-order valence-electron chi connectivity index (χ0n) is 8.66. The third kappa shape index (κ3) is 2.51. The van der Waals surface area contributed by atoms with Gasteiger partial charge < -0.3 is 9.84 Å². The van der Waals surface area contributed by atoms with Crippen LogP contribution in [0, 0.1) is 11.3 Å². The van der Waals surface area contributed by atoms with Gasteiger partial charge in [0, 0.05) is 5.02 Å². The average molecular weight is 240 g/mol. The van der Waals surface area contributed by atoms with Gasteiger partial charge in [-0.1, -0.05) is 11.6 Å². The fourth-order valence-electron chi connectivity index (χ4n) is 1.21. The van der Waals surface area contributed by atoms with Gasteiger partial charge in [0.15, 0.2) is 0 Å². The highest BCUT2D eigenvalue weighted by molar-refractivity contribution is 6.31. The van der Waals surface area contributed by atoms with Crippen molar-refractivity contribution in [3.8, 4) is 6.07 Å². The Morgan fingerprint density at radius 2 is 2.31 bits per heavy atom. The fourth-order valence-corrected chi connectivity index (χ4v) is 1.43. The van der Waals surface area contributed by atoms with E-state index in [4.69, 9.17) is 26.7 Å². The summed E-state index contributed by atoms with van der Waals surface area (Å²) in [5.74, 6) is -0.592. The first-order chi connectivity index (χ1) is 7.63. The quantitative estimate of drug-likeness (QED) is 0.818. The summed E-state index contributed by atoms with van der Waals surface area (Å²) in [4.78, 5) is 11.5. The molecule has 0 aliphatic carbocycles. The van der Waals surface area contributed by atoms with Crippen LogP contribution in [0.1, 0.15) is 28.4 Å². The second-order valence-corrected chi connectivity index (χ2v) is 3.39. The first kappa shape index (κ1) is 12.5. The normalized spacial score (nSPS) is 9.62. The van der Waals surface area contributed by atoms with Crippen LogP contribution >= 0.6 is 11.6 Å². The summed E-state index contributed by atoms with van der Waals surface area (Å²) in [6.07, 6.45) is 0. The number of halogens is 1. The largest absolute Gasteiger partial charge is 0.462 e. The molecule has 0 saturated carbocycles. The summed E-state index contributed by atoms with van der Waals surface area (Å²) in [5, 5.41) is 18.1. The smallest absolute Gasteiger partial charge is 0.339 e. The first-order valence-corrected chi connectivity index (χ1v) is 5.02. The molecular formula is C11H10ClNO3. The highest BCUT2D eigenvalue weighted by Crippen LogP contribution is 2.22. The molecule has 0 saturated heterocycles. The Morgan fingerprint density at radius 1 is 1.62 bits per heavy atom. The second-order valence-electron chi connectivity index (χ2n) is 2.98. The SMILES string of the molecule is CCOC(=O)c1cc(CO)c(Cl)cc1C#N. The lowest BCUT2D eigenvalue weighted by Gasteiger charge is -2.07. The average Bonchev–Trinajstić information content (AvgIpc) is 2.28. The minimum absolute atomic E-state index is 0.123. The zero-order valence-corrected chi connectivity index (χ0v) is 9.41. The van der Waals surface area contributed by atoms with Gasteiger partial charge in [0.05, 0.1) is 24.3 Å². The van der Waals surface area contributed by atoms with E-state index < -0.39 is 5.97 Å². The summed E-state index contributed by atoms with van der Waals surface area (Å²) in [5.41, 5.74) is 0.655. The van der Waals surface area contributed by atoms with Crippen molar-refractivity contribution in [2.24, 2.45) is 0 Å². The Hall–Kier alpha value is -1.57. The van der Waals surface area contributed by atoms with Gasteiger partial charge in [-0.15, -0.1) is 0 Å². The van der Waals surface area contributed by atoms with E-state index in [2.05, 4.69) is 0 Å². The molecule has 0 spiro atoms. The molecule has 0 unspecified atom stereocenters. The van der Waals surface area contributed by atoms with Gasteiger partial charge in [-0.05, 0) is 24.6 Å². The van der Waals surface area contributed by atoms with Crippen LogP contribution < -0.4 is 0 Å². The van der Waals surface area contributed by atoms with Gasteiger partial charge in [0.25, 0.3) is 0 Å². The molecule has 1 rings (SSSR count). The molecular weight excluding hydrogens is 230 g/mol. The standard InChI is InChI=1S/C11H10ClNO3/c1-2-16-11(15)9-3-8(6-14)10(12)4-7(9)5-13/h3-4,14H,2,6H2,1H3. The van der Waals surface area contributed by atoms with E-state index in [1.54, 1.807) is 6.92 Å². The topological polar surface area (TPSA) is 70.3 Å². The molecule has 0 heterocycles. The van der Waals surface area contributed by atoms with Crippen LogP contribution in [0.15, 0.2) is 12.1 Å². The second kappa shape index (κ2) is 5.50. The maximum Gasteiger partial charge on any atom is 0.339 e. The number of nitrogens with zero attached hydrogens (tertiary/aromatic N) is 1. The molecule has 1 aromatic carbocycles. The van der Waals surface area contributed by atoms with Crippen LogP contribution in [0.25, 0.3) is 0 Å². The molecule has 0 aromatic heterocycles. The molecule has 0 bridgehead atoms. The molecule has 1 aromatic rings. The van der Waals surface area contributed by atoms with Gasteiger partial charge in [0.1, 0.15) is 6.07 Å². The number of carbonyl (C=O) groups excluding carboxylic acids is 1. The van der Waals surface area contributed by atoms with Crippen LogP contribution in [0.4, 0.5) is 0 Å². The van der Waals surface area contributed by atoms with E-state index in [1.807, 2.05) is 6.07 Å². The van der Waals surface area contributed by atoms with E-state index in [1.165, 1.54) is 12.1 Å². The van der Waals surface area contributed by atoms with Crippen LogP contribution in [0.3, 0.4) is 0 Å². The van der Waals surface area contributed by atoms with Crippen molar-refractivity contribution in [3.63, 3.8) is 0 Å². The molecule has 5 heteroatoms. The summed E-state index contributed by atoms with van der Waals surface area (Å²) < 4.78 is 4.80. The summed E-state index contributed by atoms with van der Waals surface area (Å²) in [7, 11) is 0. The predicted molar refractivity (Wildman–Crippen MR) is 58.0 cm³/mol. The number of benzene rings is 1. The number of hydrogen-bond donors (Lipinski definition) is 1. The van der Waals surface area contributed by atoms with E-state index in [-0.39, 0.29) is 29.4 Å². The summed E-state index contributed by atoms with van der Waals surface area (Å²) in [6.45, 7) is 1.60. The van der Waals surface area contributed by atoms with E-state index >= 15 is 0 Å². The van der Waals surface area contributed by atoms with Crippen LogP contribution in [-0.2, 0) is 11.3 Å². The lowest BCUT2D eigenvalue weighted by molar-refractivity contribution is 0.0526. The fraction of sp³-hybridized carbons (Fsp3) is 0.273. The van der Waals surface area contributed by atoms with Crippen molar-refractivity contribution in [2.45, 2.75) is 13.5 Å². The highest BCUT2D eigenvalue weighted by atomic mass is 35.5. The van der Waals surface area contributed by atoms with E-state index in [0.717, 1.165) is 0 Å². The number of ether oxygens (including phenoxy) is 1. The molecule has 0 atom stereocenters. The highest BCUT2D eigenvalue weighted by Gasteiger charge is 2.15. The molecule has 1 N–H and O–H groups in total. The number of rotatable bonds is 3. The minimum Gasteiger partial charge on any atom is -0.462 e. The Kier molecular flexibility index (Phi) is 4.29. The number of aliphatic hydroxyl groups is 1. The van der Waals surface area contributed by atoms with Gasteiger partial charge >= 0.3 is 5.97 Å². The lowest BCUT2D eigenvalue weighted by Crippen LogP contribution is -2.08. The Balaban J connectivity index is 3.26. The lowest BCUT2D eigenvalue weighted by atomic mass is 10.0. The zero-order chi connectivity index (χ0) is 12.1. The number of esters is 1. The predicted octanol–water partition coefficient (Wildman–Crippen LogP) is 1.88. The van der Waals surface area contributed by atoms with Crippen molar-refractivity contribution in [3.05, 3.63) is 33.8 Å². The molecule has 0 aliphatic heterocycles. The first-order valence-electron chi connectivity index (χ1n) is 4.64. The summed E-state index contributed by atoms with van der Waals surface area (Å²) in [6, 6.07) is 4.58. The number of nitriles is 1. The van der Waals surface area contributed by atoms with Crippen molar-refractivity contribution in [1.29, 1.82) is 5.26 Å². The van der Waals surface area contributed by atoms with E-state index in [0.29, 0.717) is 5.56 Å². The molecule has 0 fully saturated rings. The minimum atomic E-state index is -0.592. The van der Waals surface area contributed by atoms with Crippen molar-refractivity contribution >= 4 is 17.6 Å². The molecule has 84 valence electrons. The van der Waals surface area contributed by atoms with Crippen LogP contribution in [0.5, 0.6) is 0 Å². The number of aliphatic hydroxyl groups excluding tert-OH is 1. The molecule has 0 amide bonds. The van der Waals surface area contributed by atoms with Gasteiger partial charge in [-0.2, -0.15) is 5.26 Å². The molecule has 0 radical (unpaired) electrons. The monoisotopic (exact) mass is 239 g/mol. The Bertz CT molecular complexity index is 451. The summed E-state index contributed by atoms with van der Waals surface area (Å²) >= 11 is 5.80. The number of hydrogen-bond acceptors (Lipinski definition) is 4. The van der Waals surface area contributed by atoms with E-state index in [9.17, 15) is 4.79 Å². The maximum atomic E-state index is 11.5. The van der Waals surface area contributed by atoms with Gasteiger partial charge in [0.2, 0.25) is 0 Å². The Morgan fingerprint density at radius 3 is 2.81 bits per heavy atom. The molecule has 16 heavy (non-hydrogen) atoms. The van der Waals surface area contributed by atoms with Gasteiger partial charge in [-0.25, -0.2) is 4.79 Å². The third-order valence-corrected chi connectivity index (χ3v) is 2.32. The third-order valence-electron chi connectivity index (χ3n) is 1.97. The Labute approximate surface area is 98.0 Å². The maximum absolute atomic E-state index is 11.5. The van der Waals surface area contributed by atoms with Crippen molar-refractivity contribution < 1.29 is 14.6 Å².